The van der Waals surface area contributed by atoms with E-state index in [9.17, 15) is 0 Å². The molecule has 20 heavy (non-hydrogen) atoms. The first-order valence-corrected chi connectivity index (χ1v) is 7.35. The molecule has 2 rings (SSSR count). The van der Waals surface area contributed by atoms with Gasteiger partial charge in [-0.15, -0.1) is 0 Å². The Morgan fingerprint density at radius 2 is 1.95 bits per heavy atom. The number of nitrogens with zero attached hydrogens (tertiary/aromatic N) is 1. The minimum absolute atomic E-state index is 0.332. The zero-order valence-corrected chi connectivity index (χ0v) is 13.0. The summed E-state index contributed by atoms with van der Waals surface area (Å²) in [6.45, 7) is 7.10. The number of benzene rings is 1. The van der Waals surface area contributed by atoms with Gasteiger partial charge in [0.2, 0.25) is 0 Å². The standard InChI is InChI=1S/C16H20N2OS/c1-4-9-19-13-7-5-12(6-8-13)15-14(11(2)3)16(20)18-10-17-15/h5-8,10-11H,4,9H2,1-3H3,(H,17,18,20). The minimum Gasteiger partial charge on any atom is -0.494 e. The van der Waals surface area contributed by atoms with Crippen molar-refractivity contribution in [1.29, 1.82) is 0 Å². The summed E-state index contributed by atoms with van der Waals surface area (Å²) in [4.78, 5) is 7.40. The lowest BCUT2D eigenvalue weighted by molar-refractivity contribution is 0.317. The molecule has 0 unspecified atom stereocenters. The molecule has 0 aliphatic carbocycles. The maximum atomic E-state index is 5.60. The van der Waals surface area contributed by atoms with Gasteiger partial charge < -0.3 is 9.72 Å². The van der Waals surface area contributed by atoms with Gasteiger partial charge in [0.15, 0.2) is 0 Å². The van der Waals surface area contributed by atoms with Crippen molar-refractivity contribution >= 4 is 12.2 Å². The van der Waals surface area contributed by atoms with Crippen LogP contribution in [0.1, 0.15) is 38.7 Å². The van der Waals surface area contributed by atoms with Crippen LogP contribution in [0.15, 0.2) is 30.6 Å². The van der Waals surface area contributed by atoms with Crippen LogP contribution in [-0.2, 0) is 0 Å². The minimum atomic E-state index is 0.332. The second-order valence-corrected chi connectivity index (χ2v) is 5.41. The molecule has 0 aliphatic rings. The van der Waals surface area contributed by atoms with Gasteiger partial charge in [0.05, 0.1) is 18.6 Å². The first kappa shape index (κ1) is 14.7. The summed E-state index contributed by atoms with van der Waals surface area (Å²) < 4.78 is 6.27. The van der Waals surface area contributed by atoms with Crippen LogP contribution in [0, 0.1) is 4.64 Å². The van der Waals surface area contributed by atoms with Gasteiger partial charge in [-0.05, 0) is 42.2 Å². The normalized spacial score (nSPS) is 10.8. The number of nitrogens with one attached hydrogen (secondary N) is 1. The fourth-order valence-electron chi connectivity index (χ4n) is 2.12. The monoisotopic (exact) mass is 288 g/mol. The van der Waals surface area contributed by atoms with E-state index >= 15 is 0 Å². The van der Waals surface area contributed by atoms with E-state index < -0.39 is 0 Å². The van der Waals surface area contributed by atoms with Crippen LogP contribution < -0.4 is 4.74 Å². The van der Waals surface area contributed by atoms with E-state index in [2.05, 4.69) is 42.9 Å². The highest BCUT2D eigenvalue weighted by molar-refractivity contribution is 7.71. The summed E-state index contributed by atoms with van der Waals surface area (Å²) in [5.74, 6) is 1.23. The Morgan fingerprint density at radius 3 is 2.55 bits per heavy atom. The van der Waals surface area contributed by atoms with Crippen LogP contribution in [0.25, 0.3) is 11.3 Å². The van der Waals surface area contributed by atoms with Crippen LogP contribution in [0.2, 0.25) is 0 Å². The van der Waals surface area contributed by atoms with Crippen LogP contribution in [0.5, 0.6) is 5.75 Å². The molecule has 1 aromatic carbocycles. The van der Waals surface area contributed by atoms with Crippen molar-refractivity contribution in [2.45, 2.75) is 33.1 Å². The summed E-state index contributed by atoms with van der Waals surface area (Å²) >= 11 is 5.34. The molecule has 1 aromatic heterocycles. The molecule has 0 saturated heterocycles. The lowest BCUT2D eigenvalue weighted by Crippen LogP contribution is -1.99. The van der Waals surface area contributed by atoms with Crippen molar-refractivity contribution in [3.8, 4) is 17.0 Å². The third-order valence-corrected chi connectivity index (χ3v) is 3.41. The lowest BCUT2D eigenvalue weighted by atomic mass is 9.99. The van der Waals surface area contributed by atoms with E-state index in [1.807, 2.05) is 12.1 Å². The Kier molecular flexibility index (Phi) is 4.90. The zero-order valence-electron chi connectivity index (χ0n) is 12.1. The molecular formula is C16H20N2OS. The van der Waals surface area contributed by atoms with Crippen molar-refractivity contribution in [3.63, 3.8) is 0 Å². The Bertz CT molecular complexity index is 617. The van der Waals surface area contributed by atoms with Gasteiger partial charge in [0.1, 0.15) is 10.4 Å². The third-order valence-electron chi connectivity index (χ3n) is 3.08. The molecule has 0 radical (unpaired) electrons. The Morgan fingerprint density at radius 1 is 1.25 bits per heavy atom. The van der Waals surface area contributed by atoms with E-state index in [1.54, 1.807) is 6.33 Å². The third kappa shape index (κ3) is 3.25. The van der Waals surface area contributed by atoms with Crippen LogP contribution in [0.3, 0.4) is 0 Å². The van der Waals surface area contributed by atoms with Crippen LogP contribution in [0.4, 0.5) is 0 Å². The second-order valence-electron chi connectivity index (χ2n) is 5.02. The molecule has 0 saturated carbocycles. The average molecular weight is 288 g/mol. The molecule has 4 heteroatoms. The highest BCUT2D eigenvalue weighted by Crippen LogP contribution is 2.28. The van der Waals surface area contributed by atoms with E-state index in [-0.39, 0.29) is 0 Å². The van der Waals surface area contributed by atoms with Crippen molar-refractivity contribution in [3.05, 3.63) is 40.8 Å². The van der Waals surface area contributed by atoms with E-state index in [1.165, 1.54) is 0 Å². The van der Waals surface area contributed by atoms with E-state index in [4.69, 9.17) is 17.0 Å². The molecule has 0 atom stereocenters. The molecule has 1 N–H and O–H groups in total. The average Bonchev–Trinajstić information content (AvgIpc) is 2.45. The lowest BCUT2D eigenvalue weighted by Gasteiger charge is -2.13. The molecule has 106 valence electrons. The van der Waals surface area contributed by atoms with Crippen molar-refractivity contribution in [1.82, 2.24) is 9.97 Å². The number of rotatable bonds is 5. The fraction of sp³-hybridized carbons (Fsp3) is 0.375. The largest absolute Gasteiger partial charge is 0.494 e. The number of H-pyrrole nitrogens is 1. The predicted molar refractivity (Wildman–Crippen MR) is 84.7 cm³/mol. The Labute approximate surface area is 125 Å². The van der Waals surface area contributed by atoms with Crippen LogP contribution in [-0.4, -0.2) is 16.6 Å². The van der Waals surface area contributed by atoms with Gasteiger partial charge in [-0.1, -0.05) is 33.0 Å². The second kappa shape index (κ2) is 6.66. The van der Waals surface area contributed by atoms with Crippen molar-refractivity contribution in [2.75, 3.05) is 6.61 Å². The first-order chi connectivity index (χ1) is 9.63. The maximum absolute atomic E-state index is 5.60. The molecule has 2 aromatic rings. The summed E-state index contributed by atoms with van der Waals surface area (Å²) in [5.41, 5.74) is 3.23. The van der Waals surface area contributed by atoms with Crippen molar-refractivity contribution in [2.24, 2.45) is 0 Å². The molecule has 3 nitrogen and oxygen atoms in total. The topological polar surface area (TPSA) is 37.9 Å². The number of ether oxygens (including phenoxy) is 1. The van der Waals surface area contributed by atoms with E-state index in [0.29, 0.717) is 10.6 Å². The van der Waals surface area contributed by atoms with Gasteiger partial charge >= 0.3 is 0 Å². The zero-order chi connectivity index (χ0) is 14.5. The molecule has 0 aliphatic heterocycles. The fourth-order valence-corrected chi connectivity index (χ4v) is 2.51. The molecule has 0 fully saturated rings. The molecule has 0 bridgehead atoms. The summed E-state index contributed by atoms with van der Waals surface area (Å²) in [6.07, 6.45) is 2.67. The quantitative estimate of drug-likeness (QED) is 0.809. The number of aromatic nitrogens is 2. The van der Waals surface area contributed by atoms with Gasteiger partial charge in [-0.25, -0.2) is 4.98 Å². The van der Waals surface area contributed by atoms with Crippen LogP contribution >= 0.6 is 12.2 Å². The molecule has 1 heterocycles. The number of aromatic amines is 1. The van der Waals surface area contributed by atoms with Gasteiger partial charge in [0, 0.05) is 5.56 Å². The maximum Gasteiger partial charge on any atom is 0.133 e. The van der Waals surface area contributed by atoms with E-state index in [0.717, 1.165) is 35.6 Å². The molecule has 0 spiro atoms. The van der Waals surface area contributed by atoms with Crippen molar-refractivity contribution < 1.29 is 4.74 Å². The summed E-state index contributed by atoms with van der Waals surface area (Å²) in [6, 6.07) is 8.09. The highest BCUT2D eigenvalue weighted by Gasteiger charge is 2.11. The van der Waals surface area contributed by atoms with Gasteiger partial charge in [-0.2, -0.15) is 0 Å². The highest BCUT2D eigenvalue weighted by atomic mass is 32.1. The summed E-state index contributed by atoms with van der Waals surface area (Å²) in [7, 11) is 0. The Balaban J connectivity index is 2.37. The summed E-state index contributed by atoms with van der Waals surface area (Å²) in [5, 5.41) is 0. The number of hydrogen-bond donors (Lipinski definition) is 1. The first-order valence-electron chi connectivity index (χ1n) is 6.94. The smallest absolute Gasteiger partial charge is 0.133 e. The molecular weight excluding hydrogens is 268 g/mol. The number of hydrogen-bond acceptors (Lipinski definition) is 3. The SMILES string of the molecule is CCCOc1ccc(-c2[nH]cnc(=S)c2C(C)C)cc1. The molecule has 0 amide bonds. The Hall–Kier alpha value is -1.68. The van der Waals surface area contributed by atoms with Gasteiger partial charge in [-0.3, -0.25) is 0 Å². The predicted octanol–water partition coefficient (Wildman–Crippen LogP) is 4.72. The van der Waals surface area contributed by atoms with Gasteiger partial charge in [0.25, 0.3) is 0 Å².